The number of hydrogen-bond donors (Lipinski definition) is 0. The van der Waals surface area contributed by atoms with Crippen LogP contribution in [0.25, 0.3) is 0 Å². The van der Waals surface area contributed by atoms with Gasteiger partial charge in [0.1, 0.15) is 0 Å². The SMILES string of the molecule is CCOC(=O)/C=C/C(=O)OC(F)C(F)F. The minimum Gasteiger partial charge on any atom is -0.463 e. The molecule has 0 aromatic rings. The number of halogens is 3. The molecule has 0 radical (unpaired) electrons. The van der Waals surface area contributed by atoms with Gasteiger partial charge < -0.3 is 9.47 Å². The van der Waals surface area contributed by atoms with Gasteiger partial charge in [0.15, 0.2) is 0 Å². The summed E-state index contributed by atoms with van der Waals surface area (Å²) in [6.07, 6.45) is -5.24. The van der Waals surface area contributed by atoms with Crippen molar-refractivity contribution in [1.29, 1.82) is 0 Å². The van der Waals surface area contributed by atoms with Crippen molar-refractivity contribution in [1.82, 2.24) is 0 Å². The number of ether oxygens (including phenoxy) is 2. The predicted molar refractivity (Wildman–Crippen MR) is 42.8 cm³/mol. The molecular weight excluding hydrogens is 217 g/mol. The van der Waals surface area contributed by atoms with E-state index in [0.717, 1.165) is 0 Å². The second-order valence-corrected chi connectivity index (χ2v) is 2.21. The van der Waals surface area contributed by atoms with Crippen LogP contribution in [0.3, 0.4) is 0 Å². The van der Waals surface area contributed by atoms with E-state index in [4.69, 9.17) is 0 Å². The Kier molecular flexibility index (Phi) is 6.16. The normalized spacial score (nSPS) is 12.9. The lowest BCUT2D eigenvalue weighted by molar-refractivity contribution is -0.168. The Labute approximate surface area is 83.7 Å². The molecule has 0 aromatic carbocycles. The van der Waals surface area contributed by atoms with Crippen LogP contribution < -0.4 is 0 Å². The van der Waals surface area contributed by atoms with Crippen molar-refractivity contribution in [2.75, 3.05) is 6.61 Å². The topological polar surface area (TPSA) is 52.6 Å². The van der Waals surface area contributed by atoms with Crippen molar-refractivity contribution in [3.05, 3.63) is 12.2 Å². The summed E-state index contributed by atoms with van der Waals surface area (Å²) in [7, 11) is 0. The van der Waals surface area contributed by atoms with Crippen LogP contribution >= 0.6 is 0 Å². The molecule has 0 amide bonds. The zero-order valence-electron chi connectivity index (χ0n) is 7.78. The molecule has 0 aliphatic rings. The summed E-state index contributed by atoms with van der Waals surface area (Å²) in [6, 6.07) is 0. The third-order valence-corrected chi connectivity index (χ3v) is 1.07. The molecule has 15 heavy (non-hydrogen) atoms. The maximum Gasteiger partial charge on any atom is 0.333 e. The Morgan fingerprint density at radius 2 is 1.73 bits per heavy atom. The minimum absolute atomic E-state index is 0.0982. The van der Waals surface area contributed by atoms with Gasteiger partial charge in [0.25, 0.3) is 0 Å². The first-order chi connectivity index (χ1) is 6.97. The summed E-state index contributed by atoms with van der Waals surface area (Å²) in [4.78, 5) is 21.2. The van der Waals surface area contributed by atoms with E-state index in [1.165, 1.54) is 0 Å². The fraction of sp³-hybridized carbons (Fsp3) is 0.500. The van der Waals surface area contributed by atoms with Gasteiger partial charge in [-0.15, -0.1) is 0 Å². The largest absolute Gasteiger partial charge is 0.463 e. The molecule has 0 fully saturated rings. The van der Waals surface area contributed by atoms with Crippen LogP contribution in [-0.2, 0) is 19.1 Å². The highest BCUT2D eigenvalue weighted by Crippen LogP contribution is 2.07. The molecule has 0 saturated heterocycles. The van der Waals surface area contributed by atoms with E-state index in [0.29, 0.717) is 12.2 Å². The second-order valence-electron chi connectivity index (χ2n) is 2.21. The van der Waals surface area contributed by atoms with Crippen LogP contribution in [0.4, 0.5) is 13.2 Å². The van der Waals surface area contributed by atoms with Crippen LogP contribution in [-0.4, -0.2) is 31.3 Å². The molecule has 4 nitrogen and oxygen atoms in total. The Balaban J connectivity index is 3.98. The maximum absolute atomic E-state index is 12.1. The molecule has 7 heteroatoms. The highest BCUT2D eigenvalue weighted by atomic mass is 19.3. The smallest absolute Gasteiger partial charge is 0.333 e. The number of esters is 2. The van der Waals surface area contributed by atoms with E-state index in [-0.39, 0.29) is 6.61 Å². The van der Waals surface area contributed by atoms with Crippen LogP contribution in [0, 0.1) is 0 Å². The van der Waals surface area contributed by atoms with Gasteiger partial charge in [0.05, 0.1) is 6.61 Å². The standard InChI is InChI=1S/C8H9F3O4/c1-2-14-5(12)3-4-6(13)15-8(11)7(9)10/h3-4,7-8H,2H2,1H3/b4-3+. The number of carbonyl (C=O) groups is 2. The summed E-state index contributed by atoms with van der Waals surface area (Å²) in [5, 5.41) is 0. The van der Waals surface area contributed by atoms with Gasteiger partial charge in [-0.3, -0.25) is 0 Å². The lowest BCUT2D eigenvalue weighted by Gasteiger charge is -2.05. The van der Waals surface area contributed by atoms with Crippen molar-refractivity contribution < 1.29 is 32.2 Å². The molecule has 0 saturated carbocycles. The molecule has 0 aliphatic heterocycles. The van der Waals surface area contributed by atoms with Gasteiger partial charge in [-0.2, -0.15) is 4.39 Å². The van der Waals surface area contributed by atoms with Crippen LogP contribution in [0.5, 0.6) is 0 Å². The van der Waals surface area contributed by atoms with Crippen molar-refractivity contribution in [2.24, 2.45) is 0 Å². The van der Waals surface area contributed by atoms with Crippen molar-refractivity contribution >= 4 is 11.9 Å². The van der Waals surface area contributed by atoms with Crippen LogP contribution in [0.15, 0.2) is 12.2 Å². The molecule has 0 bridgehead atoms. The summed E-state index contributed by atoms with van der Waals surface area (Å²) in [6.45, 7) is 1.64. The third kappa shape index (κ3) is 6.53. The predicted octanol–water partition coefficient (Wildman–Crippen LogP) is 1.21. The average molecular weight is 226 g/mol. The molecule has 0 heterocycles. The fourth-order valence-corrected chi connectivity index (χ4v) is 0.528. The van der Waals surface area contributed by atoms with Gasteiger partial charge in [-0.05, 0) is 6.92 Å². The molecule has 0 N–H and O–H groups in total. The highest BCUT2D eigenvalue weighted by Gasteiger charge is 2.22. The first-order valence-corrected chi connectivity index (χ1v) is 3.95. The van der Waals surface area contributed by atoms with E-state index in [9.17, 15) is 22.8 Å². The molecule has 0 rings (SSSR count). The van der Waals surface area contributed by atoms with E-state index >= 15 is 0 Å². The van der Waals surface area contributed by atoms with E-state index in [1.54, 1.807) is 6.92 Å². The third-order valence-electron chi connectivity index (χ3n) is 1.07. The zero-order valence-corrected chi connectivity index (χ0v) is 7.78. The van der Waals surface area contributed by atoms with Gasteiger partial charge in [-0.25, -0.2) is 18.4 Å². The summed E-state index contributed by atoms with van der Waals surface area (Å²) in [5.41, 5.74) is 0. The molecule has 0 aliphatic carbocycles. The Bertz CT molecular complexity index is 252. The molecule has 1 unspecified atom stereocenters. The number of carbonyl (C=O) groups excluding carboxylic acids is 2. The Morgan fingerprint density at radius 1 is 1.20 bits per heavy atom. The van der Waals surface area contributed by atoms with Crippen molar-refractivity contribution in [2.45, 2.75) is 19.7 Å². The van der Waals surface area contributed by atoms with E-state index in [2.05, 4.69) is 9.47 Å². The lowest BCUT2D eigenvalue weighted by Crippen LogP contribution is -2.19. The molecule has 86 valence electrons. The molecule has 0 spiro atoms. The monoisotopic (exact) mass is 226 g/mol. The lowest BCUT2D eigenvalue weighted by atomic mass is 10.5. The van der Waals surface area contributed by atoms with Gasteiger partial charge in [0.2, 0.25) is 0 Å². The fourth-order valence-electron chi connectivity index (χ4n) is 0.528. The van der Waals surface area contributed by atoms with Crippen LogP contribution in [0.1, 0.15) is 6.92 Å². The van der Waals surface area contributed by atoms with Gasteiger partial charge in [0, 0.05) is 12.2 Å². The van der Waals surface area contributed by atoms with Crippen LogP contribution in [0.2, 0.25) is 0 Å². The molecular formula is C8H9F3O4. The minimum atomic E-state index is -3.41. The van der Waals surface area contributed by atoms with Gasteiger partial charge >= 0.3 is 24.7 Å². The van der Waals surface area contributed by atoms with E-state index in [1.807, 2.05) is 0 Å². The Morgan fingerprint density at radius 3 is 2.20 bits per heavy atom. The van der Waals surface area contributed by atoms with E-state index < -0.39 is 24.7 Å². The van der Waals surface area contributed by atoms with Gasteiger partial charge in [-0.1, -0.05) is 0 Å². The quantitative estimate of drug-likeness (QED) is 0.522. The summed E-state index contributed by atoms with van der Waals surface area (Å²) < 4.78 is 43.1. The first kappa shape index (κ1) is 13.5. The number of alkyl halides is 3. The second kappa shape index (κ2) is 6.86. The first-order valence-electron chi connectivity index (χ1n) is 3.95. The summed E-state index contributed by atoms with van der Waals surface area (Å²) >= 11 is 0. The number of rotatable bonds is 5. The summed E-state index contributed by atoms with van der Waals surface area (Å²) in [5.74, 6) is -2.22. The number of hydrogen-bond acceptors (Lipinski definition) is 4. The molecule has 0 aromatic heterocycles. The molecule has 1 atom stereocenters. The average Bonchev–Trinajstić information content (AvgIpc) is 2.15. The zero-order chi connectivity index (χ0) is 11.8. The maximum atomic E-state index is 12.1. The highest BCUT2D eigenvalue weighted by molar-refractivity contribution is 5.91. The van der Waals surface area contributed by atoms with Crippen molar-refractivity contribution in [3.63, 3.8) is 0 Å². The Hall–Kier alpha value is -1.53. The van der Waals surface area contributed by atoms with Crippen molar-refractivity contribution in [3.8, 4) is 0 Å².